The first kappa shape index (κ1) is 8.71. The fourth-order valence-corrected chi connectivity index (χ4v) is 2.49. The Balaban J connectivity index is 2.32. The summed E-state index contributed by atoms with van der Waals surface area (Å²) in [6.07, 6.45) is 5.29. The molecule has 0 fully saturated rings. The van der Waals surface area contributed by atoms with Crippen molar-refractivity contribution < 1.29 is 0 Å². The Morgan fingerprint density at radius 2 is 2.27 bits per heavy atom. The summed E-state index contributed by atoms with van der Waals surface area (Å²) in [6.45, 7) is 2.07. The molecule has 0 aliphatic heterocycles. The largest absolute Gasteiger partial charge is 0.282 e. The van der Waals surface area contributed by atoms with Crippen LogP contribution in [0.25, 0.3) is 11.1 Å². The van der Waals surface area contributed by atoms with E-state index in [1.807, 2.05) is 17.9 Å². The van der Waals surface area contributed by atoms with Gasteiger partial charge in [0, 0.05) is 29.6 Å². The first-order valence-corrected chi connectivity index (χ1v) is 5.32. The first-order valence-electron chi connectivity index (χ1n) is 5.32. The standard InChI is InChI=1S/C11H14N4/c1-7-11-8-6-12-13-9(8)4-3-5-10(11)15(2)14-7/h6H,3-5H2,1-2H3,(H,12,13). The number of aromatic nitrogens is 4. The molecule has 4 heteroatoms. The van der Waals surface area contributed by atoms with E-state index < -0.39 is 0 Å². The summed E-state index contributed by atoms with van der Waals surface area (Å²) in [7, 11) is 2.02. The zero-order chi connectivity index (χ0) is 10.4. The van der Waals surface area contributed by atoms with Crippen LogP contribution in [0.5, 0.6) is 0 Å². The summed E-state index contributed by atoms with van der Waals surface area (Å²) >= 11 is 0. The van der Waals surface area contributed by atoms with E-state index in [0.29, 0.717) is 0 Å². The molecule has 0 unspecified atom stereocenters. The van der Waals surface area contributed by atoms with Gasteiger partial charge in [0.25, 0.3) is 0 Å². The molecule has 0 radical (unpaired) electrons. The molecular formula is C11H14N4. The van der Waals surface area contributed by atoms with Crippen molar-refractivity contribution in [2.45, 2.75) is 26.2 Å². The third-order valence-electron chi connectivity index (χ3n) is 3.17. The molecule has 78 valence electrons. The molecule has 0 aromatic carbocycles. The highest BCUT2D eigenvalue weighted by atomic mass is 15.3. The molecule has 0 atom stereocenters. The molecule has 0 saturated carbocycles. The zero-order valence-electron chi connectivity index (χ0n) is 9.04. The second-order valence-corrected chi connectivity index (χ2v) is 4.15. The van der Waals surface area contributed by atoms with Crippen LogP contribution >= 0.6 is 0 Å². The van der Waals surface area contributed by atoms with Gasteiger partial charge in [0.1, 0.15) is 0 Å². The molecule has 1 aliphatic carbocycles. The van der Waals surface area contributed by atoms with Gasteiger partial charge in [-0.2, -0.15) is 10.2 Å². The highest BCUT2D eigenvalue weighted by Crippen LogP contribution is 2.33. The van der Waals surface area contributed by atoms with Crippen LogP contribution in [0, 0.1) is 6.92 Å². The normalized spacial score (nSPS) is 14.5. The van der Waals surface area contributed by atoms with Crippen molar-refractivity contribution in [1.82, 2.24) is 20.0 Å². The molecule has 3 rings (SSSR count). The number of nitrogens with zero attached hydrogens (tertiary/aromatic N) is 3. The van der Waals surface area contributed by atoms with Crippen LogP contribution < -0.4 is 0 Å². The summed E-state index contributed by atoms with van der Waals surface area (Å²) in [6, 6.07) is 0. The summed E-state index contributed by atoms with van der Waals surface area (Å²) in [5.74, 6) is 0. The number of hydrogen-bond donors (Lipinski definition) is 1. The minimum Gasteiger partial charge on any atom is -0.282 e. The SMILES string of the molecule is Cc1nn(C)c2c1-c1cn[nH]c1CCC2. The Morgan fingerprint density at radius 1 is 1.40 bits per heavy atom. The molecule has 0 bridgehead atoms. The topological polar surface area (TPSA) is 46.5 Å². The zero-order valence-corrected chi connectivity index (χ0v) is 9.04. The number of aromatic amines is 1. The van der Waals surface area contributed by atoms with Gasteiger partial charge < -0.3 is 0 Å². The molecule has 1 N–H and O–H groups in total. The van der Waals surface area contributed by atoms with Crippen molar-refractivity contribution in [2.75, 3.05) is 0 Å². The lowest BCUT2D eigenvalue weighted by atomic mass is 10.1. The van der Waals surface area contributed by atoms with Gasteiger partial charge in [-0.25, -0.2) is 0 Å². The molecule has 0 amide bonds. The van der Waals surface area contributed by atoms with Gasteiger partial charge in [-0.05, 0) is 26.2 Å². The van der Waals surface area contributed by atoms with Crippen molar-refractivity contribution >= 4 is 0 Å². The van der Waals surface area contributed by atoms with Crippen LogP contribution in [0.3, 0.4) is 0 Å². The third-order valence-corrected chi connectivity index (χ3v) is 3.17. The Hall–Kier alpha value is -1.58. The summed E-state index contributed by atoms with van der Waals surface area (Å²) < 4.78 is 2.01. The van der Waals surface area contributed by atoms with E-state index in [4.69, 9.17) is 0 Å². The maximum Gasteiger partial charge on any atom is 0.0676 e. The van der Waals surface area contributed by atoms with Crippen molar-refractivity contribution in [3.05, 3.63) is 23.3 Å². The van der Waals surface area contributed by atoms with Crippen LogP contribution in [0.1, 0.15) is 23.5 Å². The van der Waals surface area contributed by atoms with E-state index in [1.54, 1.807) is 0 Å². The number of nitrogens with one attached hydrogen (secondary N) is 1. The van der Waals surface area contributed by atoms with Gasteiger partial charge in [0.2, 0.25) is 0 Å². The average molecular weight is 202 g/mol. The average Bonchev–Trinajstić information content (AvgIpc) is 2.68. The van der Waals surface area contributed by atoms with Crippen molar-refractivity contribution in [3.8, 4) is 11.1 Å². The van der Waals surface area contributed by atoms with E-state index in [1.165, 1.54) is 28.9 Å². The van der Waals surface area contributed by atoms with Crippen LogP contribution in [-0.2, 0) is 19.9 Å². The number of hydrogen-bond acceptors (Lipinski definition) is 2. The fourth-order valence-electron chi connectivity index (χ4n) is 2.49. The molecule has 0 saturated heterocycles. The Labute approximate surface area is 88.3 Å². The number of rotatable bonds is 0. The Kier molecular flexibility index (Phi) is 1.71. The fraction of sp³-hybridized carbons (Fsp3) is 0.455. The smallest absolute Gasteiger partial charge is 0.0676 e. The number of H-pyrrole nitrogens is 1. The predicted octanol–water partition coefficient (Wildman–Crippen LogP) is 1.61. The van der Waals surface area contributed by atoms with Gasteiger partial charge in [-0.15, -0.1) is 0 Å². The second kappa shape index (κ2) is 2.95. The molecular weight excluding hydrogens is 188 g/mol. The lowest BCUT2D eigenvalue weighted by Gasteiger charge is -2.00. The summed E-state index contributed by atoms with van der Waals surface area (Å²) in [5.41, 5.74) is 6.24. The summed E-state index contributed by atoms with van der Waals surface area (Å²) in [5, 5.41) is 11.7. The minimum absolute atomic E-state index is 1.09. The van der Waals surface area contributed by atoms with Crippen molar-refractivity contribution in [1.29, 1.82) is 0 Å². The molecule has 1 aliphatic rings. The van der Waals surface area contributed by atoms with E-state index in [2.05, 4.69) is 22.2 Å². The molecule has 2 heterocycles. The Morgan fingerprint density at radius 3 is 3.13 bits per heavy atom. The maximum absolute atomic E-state index is 4.49. The third kappa shape index (κ3) is 1.14. The van der Waals surface area contributed by atoms with E-state index in [9.17, 15) is 0 Å². The van der Waals surface area contributed by atoms with Crippen LogP contribution in [0.2, 0.25) is 0 Å². The summed E-state index contributed by atoms with van der Waals surface area (Å²) in [4.78, 5) is 0. The van der Waals surface area contributed by atoms with E-state index in [0.717, 1.165) is 18.5 Å². The van der Waals surface area contributed by atoms with Crippen LogP contribution in [0.15, 0.2) is 6.20 Å². The lowest BCUT2D eigenvalue weighted by Crippen LogP contribution is -1.98. The minimum atomic E-state index is 1.09. The van der Waals surface area contributed by atoms with Crippen LogP contribution in [-0.4, -0.2) is 20.0 Å². The first-order chi connectivity index (χ1) is 7.27. The van der Waals surface area contributed by atoms with Gasteiger partial charge in [-0.1, -0.05) is 0 Å². The molecule has 2 aromatic heterocycles. The number of fused-ring (bicyclic) bond motifs is 3. The van der Waals surface area contributed by atoms with Gasteiger partial charge >= 0.3 is 0 Å². The highest BCUT2D eigenvalue weighted by Gasteiger charge is 2.21. The highest BCUT2D eigenvalue weighted by molar-refractivity contribution is 5.71. The lowest BCUT2D eigenvalue weighted by molar-refractivity contribution is 0.678. The van der Waals surface area contributed by atoms with Gasteiger partial charge in [-0.3, -0.25) is 9.78 Å². The molecule has 15 heavy (non-hydrogen) atoms. The van der Waals surface area contributed by atoms with Gasteiger partial charge in [0.15, 0.2) is 0 Å². The van der Waals surface area contributed by atoms with Gasteiger partial charge in [0.05, 0.1) is 11.9 Å². The maximum atomic E-state index is 4.49. The molecule has 4 nitrogen and oxygen atoms in total. The monoisotopic (exact) mass is 202 g/mol. The van der Waals surface area contributed by atoms with E-state index in [-0.39, 0.29) is 0 Å². The predicted molar refractivity (Wildman–Crippen MR) is 57.6 cm³/mol. The molecule has 2 aromatic rings. The van der Waals surface area contributed by atoms with Crippen LogP contribution in [0.4, 0.5) is 0 Å². The number of aryl methyl sites for hydroxylation is 3. The van der Waals surface area contributed by atoms with Crippen molar-refractivity contribution in [2.24, 2.45) is 7.05 Å². The quantitative estimate of drug-likeness (QED) is 0.705. The molecule has 0 spiro atoms. The van der Waals surface area contributed by atoms with Crippen molar-refractivity contribution in [3.63, 3.8) is 0 Å². The van der Waals surface area contributed by atoms with E-state index >= 15 is 0 Å². The second-order valence-electron chi connectivity index (χ2n) is 4.15. The Bertz CT molecular complexity index is 507.